The van der Waals surface area contributed by atoms with Crippen LogP contribution < -0.4 is 0 Å². The van der Waals surface area contributed by atoms with Gasteiger partial charge in [0.15, 0.2) is 0 Å². The lowest BCUT2D eigenvalue weighted by atomic mass is 9.56. The maximum Gasteiger partial charge on any atom is 0.137 e. The number of benzene rings is 3. The van der Waals surface area contributed by atoms with Gasteiger partial charge < -0.3 is 5.41 Å². The van der Waals surface area contributed by atoms with Gasteiger partial charge in [0.05, 0.1) is 11.8 Å². The van der Waals surface area contributed by atoms with Gasteiger partial charge in [-0.15, -0.1) is 11.3 Å². The van der Waals surface area contributed by atoms with Gasteiger partial charge in [0.1, 0.15) is 5.78 Å². The zero-order valence-electron chi connectivity index (χ0n) is 20.9. The first kappa shape index (κ1) is 24.0. The molecule has 4 heteroatoms. The second-order valence-corrected chi connectivity index (χ2v) is 11.4. The fourth-order valence-corrected chi connectivity index (χ4v) is 7.55. The van der Waals surface area contributed by atoms with Crippen molar-refractivity contribution in [1.29, 1.82) is 5.41 Å². The average molecular weight is 505 g/mol. The van der Waals surface area contributed by atoms with Crippen LogP contribution in [0.2, 0.25) is 0 Å². The average Bonchev–Trinajstić information content (AvgIpc) is 3.64. The van der Waals surface area contributed by atoms with Crippen LogP contribution in [-0.4, -0.2) is 35.5 Å². The third-order valence-corrected chi connectivity index (χ3v) is 9.47. The summed E-state index contributed by atoms with van der Waals surface area (Å²) in [4.78, 5) is 17.2. The molecular weight excluding hydrogens is 472 g/mol. The summed E-state index contributed by atoms with van der Waals surface area (Å²) in [6.07, 6.45) is 2.23. The van der Waals surface area contributed by atoms with Crippen LogP contribution in [-0.2, 0) is 16.6 Å². The number of Topliss-reactive ketones (excluding diaryl/α,β-unsaturated/α-hetero) is 1. The summed E-state index contributed by atoms with van der Waals surface area (Å²) in [5.74, 6) is 0.535. The van der Waals surface area contributed by atoms with Crippen LogP contribution >= 0.6 is 11.3 Å². The monoisotopic (exact) mass is 504 g/mol. The van der Waals surface area contributed by atoms with Gasteiger partial charge in [-0.05, 0) is 40.5 Å². The lowest BCUT2D eigenvalue weighted by Crippen LogP contribution is -2.47. The molecule has 3 unspecified atom stereocenters. The minimum Gasteiger partial charge on any atom is -0.303 e. The number of ketones is 1. The molecule has 37 heavy (non-hydrogen) atoms. The fourth-order valence-electron chi connectivity index (χ4n) is 6.80. The predicted molar refractivity (Wildman–Crippen MR) is 152 cm³/mol. The van der Waals surface area contributed by atoms with Crippen molar-refractivity contribution < 1.29 is 4.79 Å². The standard InChI is InChI=1S/C33H32N2OS/c34-32(24-11-4-1-5-12-24)30(21-27-17-10-20-37-27)35-22-28-29(23-35)33(19-18-31(28)36,25-13-6-2-7-14-25)26-15-8-3-9-16-26/h1-17,20,28-30,34H,18-19,21-23H2. The maximum atomic E-state index is 13.5. The third kappa shape index (κ3) is 4.39. The summed E-state index contributed by atoms with van der Waals surface area (Å²) in [6.45, 7) is 1.53. The Morgan fingerprint density at radius 1 is 0.865 bits per heavy atom. The zero-order chi connectivity index (χ0) is 25.2. The summed E-state index contributed by atoms with van der Waals surface area (Å²) in [7, 11) is 0. The summed E-state index contributed by atoms with van der Waals surface area (Å²) in [5, 5.41) is 11.4. The molecule has 1 saturated heterocycles. The molecule has 0 radical (unpaired) electrons. The van der Waals surface area contributed by atoms with E-state index in [1.807, 2.05) is 30.3 Å². The first-order valence-corrected chi connectivity index (χ1v) is 14.1. The van der Waals surface area contributed by atoms with E-state index in [1.165, 1.54) is 16.0 Å². The quantitative estimate of drug-likeness (QED) is 0.287. The van der Waals surface area contributed by atoms with Gasteiger partial charge >= 0.3 is 0 Å². The van der Waals surface area contributed by atoms with Crippen LogP contribution in [0.5, 0.6) is 0 Å². The number of rotatable bonds is 7. The first-order chi connectivity index (χ1) is 18.2. The highest BCUT2D eigenvalue weighted by Gasteiger charge is 2.55. The Balaban J connectivity index is 1.42. The van der Waals surface area contributed by atoms with E-state index in [4.69, 9.17) is 0 Å². The van der Waals surface area contributed by atoms with Crippen molar-refractivity contribution in [2.75, 3.05) is 13.1 Å². The second-order valence-electron chi connectivity index (χ2n) is 10.4. The summed E-state index contributed by atoms with van der Waals surface area (Å²) >= 11 is 1.75. The lowest BCUT2D eigenvalue weighted by Gasteiger charge is -2.46. The number of fused-ring (bicyclic) bond motifs is 1. The Morgan fingerprint density at radius 2 is 1.49 bits per heavy atom. The third-order valence-electron chi connectivity index (χ3n) is 8.57. The molecule has 1 N–H and O–H groups in total. The fraction of sp³-hybridized carbons (Fsp3) is 0.273. The topological polar surface area (TPSA) is 44.2 Å². The minimum absolute atomic E-state index is 0.0245. The molecule has 6 rings (SSSR count). The molecule has 1 saturated carbocycles. The van der Waals surface area contributed by atoms with E-state index in [1.54, 1.807) is 11.3 Å². The van der Waals surface area contributed by atoms with Gasteiger partial charge in [0.25, 0.3) is 0 Å². The minimum atomic E-state index is -0.210. The maximum absolute atomic E-state index is 13.5. The normalized spacial score (nSPS) is 21.9. The number of hydrogen-bond donors (Lipinski definition) is 1. The molecule has 0 amide bonds. The summed E-state index contributed by atoms with van der Waals surface area (Å²) < 4.78 is 0. The highest BCUT2D eigenvalue weighted by molar-refractivity contribution is 7.09. The largest absolute Gasteiger partial charge is 0.303 e. The predicted octanol–water partition coefficient (Wildman–Crippen LogP) is 6.62. The molecule has 4 aromatic rings. The Labute approximate surface area is 223 Å². The Hall–Kier alpha value is -3.34. The van der Waals surface area contributed by atoms with Gasteiger partial charge in [-0.3, -0.25) is 9.69 Å². The summed E-state index contributed by atoms with van der Waals surface area (Å²) in [5.41, 5.74) is 4.00. The summed E-state index contributed by atoms with van der Waals surface area (Å²) in [6, 6.07) is 35.9. The molecule has 1 aliphatic heterocycles. The molecule has 3 atom stereocenters. The number of hydrogen-bond acceptors (Lipinski definition) is 4. The molecule has 1 aromatic heterocycles. The van der Waals surface area contributed by atoms with E-state index in [-0.39, 0.29) is 23.3 Å². The van der Waals surface area contributed by atoms with Gasteiger partial charge in [-0.1, -0.05) is 97.1 Å². The van der Waals surface area contributed by atoms with E-state index in [2.05, 4.69) is 83.1 Å². The van der Waals surface area contributed by atoms with E-state index in [9.17, 15) is 10.2 Å². The van der Waals surface area contributed by atoms with Crippen LogP contribution in [0.4, 0.5) is 0 Å². The lowest BCUT2D eigenvalue weighted by molar-refractivity contribution is -0.126. The first-order valence-electron chi connectivity index (χ1n) is 13.2. The van der Waals surface area contributed by atoms with E-state index < -0.39 is 0 Å². The SMILES string of the molecule is N=C(c1ccccc1)C(Cc1cccs1)N1CC2C(=O)CCC(c3ccccc3)(c3ccccc3)C2C1. The Morgan fingerprint density at radius 3 is 2.08 bits per heavy atom. The molecule has 0 spiro atoms. The van der Waals surface area contributed by atoms with Crippen molar-refractivity contribution in [2.24, 2.45) is 11.8 Å². The molecule has 186 valence electrons. The van der Waals surface area contributed by atoms with Gasteiger partial charge in [0.2, 0.25) is 0 Å². The van der Waals surface area contributed by atoms with E-state index in [0.29, 0.717) is 17.9 Å². The molecule has 3 nitrogen and oxygen atoms in total. The number of thiophene rings is 1. The molecule has 2 aliphatic rings. The number of nitrogens with one attached hydrogen (secondary N) is 1. The van der Waals surface area contributed by atoms with Crippen molar-refractivity contribution in [3.8, 4) is 0 Å². The van der Waals surface area contributed by atoms with E-state index in [0.717, 1.165) is 31.5 Å². The molecule has 2 heterocycles. The van der Waals surface area contributed by atoms with Gasteiger partial charge in [0, 0.05) is 42.1 Å². The zero-order valence-corrected chi connectivity index (χ0v) is 21.7. The van der Waals surface area contributed by atoms with Crippen molar-refractivity contribution in [2.45, 2.75) is 30.7 Å². The Bertz CT molecular complexity index is 1310. The van der Waals surface area contributed by atoms with Crippen molar-refractivity contribution in [3.05, 3.63) is 130 Å². The molecule has 1 aliphatic carbocycles. The number of likely N-dealkylation sites (tertiary alicyclic amines) is 1. The second kappa shape index (κ2) is 10.2. The van der Waals surface area contributed by atoms with Crippen LogP contribution in [0, 0.1) is 17.2 Å². The highest BCUT2D eigenvalue weighted by atomic mass is 32.1. The van der Waals surface area contributed by atoms with Crippen molar-refractivity contribution in [1.82, 2.24) is 4.90 Å². The smallest absolute Gasteiger partial charge is 0.137 e. The van der Waals surface area contributed by atoms with Crippen molar-refractivity contribution in [3.63, 3.8) is 0 Å². The van der Waals surface area contributed by atoms with Crippen LogP contribution in [0.1, 0.15) is 34.4 Å². The van der Waals surface area contributed by atoms with Crippen molar-refractivity contribution >= 4 is 22.8 Å². The number of carbonyl (C=O) groups is 1. The van der Waals surface area contributed by atoms with Crippen LogP contribution in [0.25, 0.3) is 0 Å². The van der Waals surface area contributed by atoms with Gasteiger partial charge in [-0.2, -0.15) is 0 Å². The molecule has 2 fully saturated rings. The molecule has 0 bridgehead atoms. The molecule has 3 aromatic carbocycles. The highest BCUT2D eigenvalue weighted by Crippen LogP contribution is 2.52. The Kier molecular flexibility index (Phi) is 6.62. The van der Waals surface area contributed by atoms with Gasteiger partial charge in [-0.25, -0.2) is 0 Å². The molecular formula is C33H32N2OS. The number of carbonyl (C=O) groups excluding carboxylic acids is 1. The van der Waals surface area contributed by atoms with Crippen LogP contribution in [0.15, 0.2) is 109 Å². The van der Waals surface area contributed by atoms with E-state index >= 15 is 0 Å². The number of nitrogens with zero attached hydrogens (tertiary/aromatic N) is 1. The van der Waals surface area contributed by atoms with Crippen LogP contribution in [0.3, 0.4) is 0 Å².